The molecule has 2 amide bonds. The largest absolute Gasteiger partial charge is 0.273 e. The molecule has 0 aromatic heterocycles. The third kappa shape index (κ3) is 2.28. The highest BCUT2D eigenvalue weighted by Gasteiger charge is 2.29. The number of halogens is 1. The maximum atomic E-state index is 11.7. The highest BCUT2D eigenvalue weighted by Crippen LogP contribution is 2.27. The molecule has 0 atom stereocenters. The van der Waals surface area contributed by atoms with Crippen molar-refractivity contribution in [1.29, 1.82) is 5.26 Å². The molecule has 1 fully saturated rings. The lowest BCUT2D eigenvalue weighted by molar-refractivity contribution is -0.124. The second-order valence-electron chi connectivity index (χ2n) is 3.39. The van der Waals surface area contributed by atoms with Gasteiger partial charge in [0.05, 0.1) is 22.8 Å². The summed E-state index contributed by atoms with van der Waals surface area (Å²) in [6, 6.07) is 6.47. The molecule has 1 saturated heterocycles. The second kappa shape index (κ2) is 4.78. The molecule has 0 saturated carbocycles. The minimum absolute atomic E-state index is 0.239. The Balaban J connectivity index is 2.51. The average Bonchev–Trinajstić information content (AvgIpc) is 2.29. The van der Waals surface area contributed by atoms with Gasteiger partial charge in [0, 0.05) is 5.02 Å². The Morgan fingerprint density at radius 1 is 1.29 bits per heavy atom. The topological polar surface area (TPSA) is 61.2 Å². The maximum Gasteiger partial charge on any atom is 0.243 e. The van der Waals surface area contributed by atoms with Crippen molar-refractivity contribution in [3.8, 4) is 6.07 Å². The number of hydrogen-bond acceptors (Lipinski definition) is 4. The fraction of sp³-hybridized carbons (Fsp3) is 0.182. The van der Waals surface area contributed by atoms with Crippen molar-refractivity contribution in [3.63, 3.8) is 0 Å². The van der Waals surface area contributed by atoms with Crippen LogP contribution in [-0.4, -0.2) is 23.3 Å². The van der Waals surface area contributed by atoms with E-state index in [1.807, 2.05) is 6.07 Å². The summed E-state index contributed by atoms with van der Waals surface area (Å²) in [5, 5.41) is 9.35. The SMILES string of the molecule is N#Cc1ccc(Cl)cc1N1C(=O)CSCC1=O. The van der Waals surface area contributed by atoms with E-state index in [0.717, 1.165) is 4.90 Å². The van der Waals surface area contributed by atoms with Gasteiger partial charge in [0.25, 0.3) is 0 Å². The highest BCUT2D eigenvalue weighted by atomic mass is 35.5. The molecular weight excluding hydrogens is 260 g/mol. The smallest absolute Gasteiger partial charge is 0.243 e. The summed E-state index contributed by atoms with van der Waals surface area (Å²) in [4.78, 5) is 24.5. The van der Waals surface area contributed by atoms with E-state index < -0.39 is 0 Å². The first kappa shape index (κ1) is 12.0. The molecule has 1 aliphatic rings. The predicted molar refractivity (Wildman–Crippen MR) is 66.0 cm³/mol. The third-order valence-corrected chi connectivity index (χ3v) is 3.41. The van der Waals surface area contributed by atoms with E-state index in [9.17, 15) is 9.59 Å². The van der Waals surface area contributed by atoms with Crippen molar-refractivity contribution in [1.82, 2.24) is 0 Å². The molecule has 1 heterocycles. The number of hydrogen-bond donors (Lipinski definition) is 0. The van der Waals surface area contributed by atoms with Crippen LogP contribution in [0.3, 0.4) is 0 Å². The number of carbonyl (C=O) groups is 2. The first-order valence-corrected chi connectivity index (χ1v) is 6.30. The molecule has 2 rings (SSSR count). The van der Waals surface area contributed by atoms with Gasteiger partial charge >= 0.3 is 0 Å². The van der Waals surface area contributed by atoms with Crippen molar-refractivity contribution >= 4 is 40.9 Å². The lowest BCUT2D eigenvalue weighted by Crippen LogP contribution is -2.43. The standard InChI is InChI=1S/C11H7ClN2O2S/c12-8-2-1-7(4-13)9(3-8)14-10(15)5-17-6-11(14)16/h1-3H,5-6H2. The Morgan fingerprint density at radius 2 is 1.94 bits per heavy atom. The molecule has 86 valence electrons. The van der Waals surface area contributed by atoms with E-state index in [4.69, 9.17) is 16.9 Å². The van der Waals surface area contributed by atoms with Crippen LogP contribution in [0, 0.1) is 11.3 Å². The summed E-state index contributed by atoms with van der Waals surface area (Å²) in [7, 11) is 0. The van der Waals surface area contributed by atoms with E-state index in [1.54, 1.807) is 6.07 Å². The molecule has 0 spiro atoms. The van der Waals surface area contributed by atoms with Gasteiger partial charge in [0.1, 0.15) is 6.07 Å². The Bertz CT molecular complexity index is 523. The van der Waals surface area contributed by atoms with Gasteiger partial charge in [0.2, 0.25) is 11.8 Å². The molecule has 0 bridgehead atoms. The van der Waals surface area contributed by atoms with Crippen molar-refractivity contribution in [2.75, 3.05) is 16.4 Å². The average molecular weight is 267 g/mol. The first-order chi connectivity index (χ1) is 8.13. The van der Waals surface area contributed by atoms with Gasteiger partial charge in [-0.15, -0.1) is 11.8 Å². The molecule has 1 aromatic carbocycles. The first-order valence-electron chi connectivity index (χ1n) is 4.76. The summed E-state index contributed by atoms with van der Waals surface area (Å²) in [5.41, 5.74) is 0.540. The third-order valence-electron chi connectivity index (χ3n) is 2.27. The number of imide groups is 1. The van der Waals surface area contributed by atoms with E-state index in [-0.39, 0.29) is 34.6 Å². The monoisotopic (exact) mass is 266 g/mol. The van der Waals surface area contributed by atoms with Crippen molar-refractivity contribution in [3.05, 3.63) is 28.8 Å². The second-order valence-corrected chi connectivity index (χ2v) is 4.81. The molecule has 0 N–H and O–H groups in total. The number of nitriles is 1. The van der Waals surface area contributed by atoms with E-state index in [0.29, 0.717) is 5.02 Å². The molecule has 1 aromatic rings. The molecule has 0 radical (unpaired) electrons. The van der Waals surface area contributed by atoms with Gasteiger partial charge in [0.15, 0.2) is 0 Å². The maximum absolute atomic E-state index is 11.7. The van der Waals surface area contributed by atoms with Crippen LogP contribution in [0.15, 0.2) is 18.2 Å². The Hall–Kier alpha value is -1.51. The van der Waals surface area contributed by atoms with Crippen molar-refractivity contribution < 1.29 is 9.59 Å². The summed E-state index contributed by atoms with van der Waals surface area (Å²) >= 11 is 7.10. The molecule has 17 heavy (non-hydrogen) atoms. The summed E-state index contributed by atoms with van der Waals surface area (Å²) in [5.74, 6) is -0.151. The van der Waals surface area contributed by atoms with Crippen LogP contribution in [0.2, 0.25) is 5.02 Å². The van der Waals surface area contributed by atoms with Gasteiger partial charge in [-0.1, -0.05) is 11.6 Å². The van der Waals surface area contributed by atoms with E-state index >= 15 is 0 Å². The van der Waals surface area contributed by atoms with Crippen molar-refractivity contribution in [2.45, 2.75) is 0 Å². The number of rotatable bonds is 1. The quantitative estimate of drug-likeness (QED) is 0.728. The zero-order chi connectivity index (χ0) is 12.4. The number of thioether (sulfide) groups is 1. The highest BCUT2D eigenvalue weighted by molar-refractivity contribution is 8.00. The normalized spacial score (nSPS) is 15.9. The lowest BCUT2D eigenvalue weighted by atomic mass is 10.1. The molecule has 0 aliphatic carbocycles. The van der Waals surface area contributed by atoms with Crippen LogP contribution in [0.25, 0.3) is 0 Å². The van der Waals surface area contributed by atoms with Gasteiger partial charge < -0.3 is 0 Å². The number of amides is 2. The van der Waals surface area contributed by atoms with Crippen LogP contribution in [0.5, 0.6) is 0 Å². The van der Waals surface area contributed by atoms with Gasteiger partial charge in [-0.2, -0.15) is 5.26 Å². The molecule has 4 nitrogen and oxygen atoms in total. The summed E-state index contributed by atoms with van der Waals surface area (Å²) in [6.45, 7) is 0. The minimum Gasteiger partial charge on any atom is -0.273 e. The lowest BCUT2D eigenvalue weighted by Gasteiger charge is -2.25. The number of anilines is 1. The van der Waals surface area contributed by atoms with E-state index in [2.05, 4.69) is 0 Å². The molecule has 6 heteroatoms. The molecular formula is C11H7ClN2O2S. The predicted octanol–water partition coefficient (Wildman–Crippen LogP) is 1.82. The van der Waals surface area contributed by atoms with E-state index in [1.165, 1.54) is 23.9 Å². The summed E-state index contributed by atoms with van der Waals surface area (Å²) in [6.07, 6.45) is 0. The number of benzene rings is 1. The molecule has 0 unspecified atom stereocenters. The van der Waals surface area contributed by atoms with Crippen LogP contribution in [0.4, 0.5) is 5.69 Å². The number of carbonyl (C=O) groups excluding carboxylic acids is 2. The Labute approximate surface area is 107 Å². The zero-order valence-corrected chi connectivity index (χ0v) is 10.2. The van der Waals surface area contributed by atoms with Crippen LogP contribution < -0.4 is 4.90 Å². The van der Waals surface area contributed by atoms with Gasteiger partial charge in [-0.05, 0) is 18.2 Å². The zero-order valence-electron chi connectivity index (χ0n) is 8.64. The molecule has 1 aliphatic heterocycles. The van der Waals surface area contributed by atoms with Crippen LogP contribution in [0.1, 0.15) is 5.56 Å². The van der Waals surface area contributed by atoms with Crippen LogP contribution >= 0.6 is 23.4 Å². The van der Waals surface area contributed by atoms with Gasteiger partial charge in [-0.25, -0.2) is 4.90 Å². The number of nitrogens with zero attached hydrogens (tertiary/aromatic N) is 2. The van der Waals surface area contributed by atoms with Crippen LogP contribution in [-0.2, 0) is 9.59 Å². The fourth-order valence-corrected chi connectivity index (χ4v) is 2.42. The fourth-order valence-electron chi connectivity index (χ4n) is 1.55. The van der Waals surface area contributed by atoms with Gasteiger partial charge in [-0.3, -0.25) is 9.59 Å². The minimum atomic E-state index is -0.315. The Morgan fingerprint density at radius 3 is 2.53 bits per heavy atom. The van der Waals surface area contributed by atoms with Crippen molar-refractivity contribution in [2.24, 2.45) is 0 Å². The summed E-state index contributed by atoms with van der Waals surface area (Å²) < 4.78 is 0. The Kier molecular flexibility index (Phi) is 3.36.